The summed E-state index contributed by atoms with van der Waals surface area (Å²) >= 11 is 0. The van der Waals surface area contributed by atoms with E-state index in [0.29, 0.717) is 18.4 Å². The maximum Gasteiger partial charge on any atom is 0.241 e. The van der Waals surface area contributed by atoms with Crippen molar-refractivity contribution in [3.63, 3.8) is 0 Å². The molecule has 1 fully saturated rings. The molecule has 204 valence electrons. The highest BCUT2D eigenvalue weighted by molar-refractivity contribution is 7.89. The van der Waals surface area contributed by atoms with Gasteiger partial charge in [-0.15, -0.1) is 0 Å². The summed E-state index contributed by atoms with van der Waals surface area (Å²) in [6, 6.07) is 24.3. The second-order valence-electron chi connectivity index (χ2n) is 10.3. The minimum Gasteiger partial charge on any atom is -0.508 e. The summed E-state index contributed by atoms with van der Waals surface area (Å²) < 4.78 is 30.3. The summed E-state index contributed by atoms with van der Waals surface area (Å²) in [5, 5.41) is 11.2. The number of aromatic hydroxyl groups is 1. The van der Waals surface area contributed by atoms with Crippen LogP contribution in [0.3, 0.4) is 0 Å². The molecule has 0 aliphatic carbocycles. The topological polar surface area (TPSA) is 85.8 Å². The molecule has 4 aromatic rings. The Balaban J connectivity index is 1.24. The van der Waals surface area contributed by atoms with E-state index in [9.17, 15) is 13.5 Å². The van der Waals surface area contributed by atoms with Crippen LogP contribution in [0.4, 0.5) is 0 Å². The molecule has 1 unspecified atom stereocenters. The maximum atomic E-state index is 13.6. The summed E-state index contributed by atoms with van der Waals surface area (Å²) in [6.07, 6.45) is 6.05. The average Bonchev–Trinajstić information content (AvgIpc) is 2.95. The van der Waals surface area contributed by atoms with E-state index in [4.69, 9.17) is 0 Å². The minimum atomic E-state index is -3.78. The van der Waals surface area contributed by atoms with Crippen molar-refractivity contribution >= 4 is 20.8 Å². The molecule has 1 aliphatic rings. The van der Waals surface area contributed by atoms with Crippen LogP contribution in [0.1, 0.15) is 17.5 Å². The number of fused-ring (bicyclic) bond motifs is 1. The number of benzene rings is 3. The third-order valence-electron chi connectivity index (χ3n) is 7.40. The highest BCUT2D eigenvalue weighted by Gasteiger charge is 2.26. The number of nitrogens with zero attached hydrogens (tertiary/aromatic N) is 3. The predicted molar refractivity (Wildman–Crippen MR) is 155 cm³/mol. The predicted octanol–water partition coefficient (Wildman–Crippen LogP) is 4.08. The van der Waals surface area contributed by atoms with Crippen molar-refractivity contribution in [2.75, 3.05) is 39.3 Å². The average molecular weight is 545 g/mol. The first-order valence-electron chi connectivity index (χ1n) is 13.6. The Morgan fingerprint density at radius 3 is 2.36 bits per heavy atom. The molecule has 0 saturated carbocycles. The number of aromatic nitrogens is 1. The molecule has 0 spiro atoms. The molecule has 5 rings (SSSR count). The Labute approximate surface area is 231 Å². The first kappa shape index (κ1) is 27.3. The van der Waals surface area contributed by atoms with E-state index >= 15 is 0 Å². The molecule has 1 saturated heterocycles. The second kappa shape index (κ2) is 12.7. The van der Waals surface area contributed by atoms with E-state index in [2.05, 4.69) is 49.8 Å². The summed E-state index contributed by atoms with van der Waals surface area (Å²) in [6.45, 7) is 5.44. The standard InChI is InChI=1S/C31H36N4O3S/c36-29-13-11-26(12-14-29)22-28(33-39(37,38)31-10-4-9-27-23-32-16-15-30(27)31)24-35-20-18-34(19-21-35)17-5-8-25-6-2-1-3-7-25/h1-4,6-7,9-16,23,28,33,36H,5,8,17-22,24H2. The Kier molecular flexibility index (Phi) is 8.88. The zero-order valence-corrected chi connectivity index (χ0v) is 22.9. The van der Waals surface area contributed by atoms with Gasteiger partial charge in [-0.25, -0.2) is 13.1 Å². The molecule has 7 nitrogen and oxygen atoms in total. The fourth-order valence-electron chi connectivity index (χ4n) is 5.33. The van der Waals surface area contributed by atoms with E-state index in [1.165, 1.54) is 5.56 Å². The Morgan fingerprint density at radius 2 is 1.59 bits per heavy atom. The van der Waals surface area contributed by atoms with E-state index in [1.54, 1.807) is 42.7 Å². The fraction of sp³-hybridized carbons (Fsp3) is 0.323. The van der Waals surface area contributed by atoms with Gasteiger partial charge in [-0.1, -0.05) is 54.6 Å². The Bertz CT molecular complexity index is 1450. The van der Waals surface area contributed by atoms with E-state index in [1.807, 2.05) is 18.2 Å². The van der Waals surface area contributed by atoms with Crippen molar-refractivity contribution < 1.29 is 13.5 Å². The third kappa shape index (κ3) is 7.42. The molecule has 0 bridgehead atoms. The zero-order valence-electron chi connectivity index (χ0n) is 22.1. The molecule has 1 aliphatic heterocycles. The molecule has 8 heteroatoms. The van der Waals surface area contributed by atoms with Crippen molar-refractivity contribution in [3.05, 3.63) is 102 Å². The number of pyridine rings is 1. The molecular weight excluding hydrogens is 508 g/mol. The number of hydrogen-bond acceptors (Lipinski definition) is 6. The van der Waals surface area contributed by atoms with Crippen LogP contribution in [-0.4, -0.2) is 73.6 Å². The number of nitrogens with one attached hydrogen (secondary N) is 1. The molecule has 1 atom stereocenters. The highest BCUT2D eigenvalue weighted by atomic mass is 32.2. The lowest BCUT2D eigenvalue weighted by atomic mass is 10.1. The first-order chi connectivity index (χ1) is 19.0. The van der Waals surface area contributed by atoms with Crippen molar-refractivity contribution in [1.29, 1.82) is 0 Å². The lowest BCUT2D eigenvalue weighted by Crippen LogP contribution is -2.52. The van der Waals surface area contributed by atoms with Gasteiger partial charge in [-0.2, -0.15) is 0 Å². The summed E-state index contributed by atoms with van der Waals surface area (Å²) in [7, 11) is -3.78. The number of phenols is 1. The first-order valence-corrected chi connectivity index (χ1v) is 15.1. The molecule has 3 aromatic carbocycles. The van der Waals surface area contributed by atoms with Crippen molar-refractivity contribution in [3.8, 4) is 5.75 Å². The van der Waals surface area contributed by atoms with Gasteiger partial charge in [0.15, 0.2) is 0 Å². The molecule has 39 heavy (non-hydrogen) atoms. The number of phenolic OH excluding ortho intramolecular Hbond substituents is 1. The van der Waals surface area contributed by atoms with Crippen LogP contribution in [0.5, 0.6) is 5.75 Å². The number of aryl methyl sites for hydroxylation is 1. The normalized spacial score (nSPS) is 15.9. The SMILES string of the molecule is O=S(=O)(NC(Cc1ccc(O)cc1)CN1CCN(CCCc2ccccc2)CC1)c1cccc2cnccc12. The summed E-state index contributed by atoms with van der Waals surface area (Å²) in [5.74, 6) is 0.198. The quantitative estimate of drug-likeness (QED) is 0.296. The van der Waals surface area contributed by atoms with Crippen molar-refractivity contribution in [1.82, 2.24) is 19.5 Å². The zero-order chi connectivity index (χ0) is 27.1. The summed E-state index contributed by atoms with van der Waals surface area (Å²) in [5.41, 5.74) is 2.35. The van der Waals surface area contributed by atoms with Gasteiger partial charge in [-0.05, 0) is 61.2 Å². The third-order valence-corrected chi connectivity index (χ3v) is 8.98. The van der Waals surface area contributed by atoms with Gasteiger partial charge >= 0.3 is 0 Å². The fourth-order valence-corrected chi connectivity index (χ4v) is 6.79. The highest BCUT2D eigenvalue weighted by Crippen LogP contribution is 2.23. The van der Waals surface area contributed by atoms with Gasteiger partial charge in [0.25, 0.3) is 0 Å². The van der Waals surface area contributed by atoms with Gasteiger partial charge in [-0.3, -0.25) is 9.88 Å². The van der Waals surface area contributed by atoms with E-state index in [0.717, 1.165) is 56.5 Å². The lowest BCUT2D eigenvalue weighted by Gasteiger charge is -2.36. The number of sulfonamides is 1. The van der Waals surface area contributed by atoms with E-state index in [-0.39, 0.29) is 16.7 Å². The number of rotatable bonds is 11. The monoisotopic (exact) mass is 544 g/mol. The molecule has 1 aromatic heterocycles. The Hall–Kier alpha value is -3.30. The molecule has 2 N–H and O–H groups in total. The molecular formula is C31H36N4O3S. The number of piperazine rings is 1. The number of hydrogen-bond donors (Lipinski definition) is 2. The van der Waals surface area contributed by atoms with Crippen molar-refractivity contribution in [2.24, 2.45) is 0 Å². The molecule has 2 heterocycles. The Morgan fingerprint density at radius 1 is 0.846 bits per heavy atom. The molecule has 0 amide bonds. The van der Waals surface area contributed by atoms with Gasteiger partial charge < -0.3 is 10.0 Å². The van der Waals surface area contributed by atoms with Crippen LogP contribution in [-0.2, 0) is 22.9 Å². The van der Waals surface area contributed by atoms with E-state index < -0.39 is 10.0 Å². The van der Waals surface area contributed by atoms with Crippen LogP contribution in [0.2, 0.25) is 0 Å². The van der Waals surface area contributed by atoms with Gasteiger partial charge in [0.2, 0.25) is 10.0 Å². The van der Waals surface area contributed by atoms with Crippen LogP contribution in [0, 0.1) is 0 Å². The van der Waals surface area contributed by atoms with Gasteiger partial charge in [0.1, 0.15) is 5.75 Å². The van der Waals surface area contributed by atoms with Crippen LogP contribution < -0.4 is 4.72 Å². The van der Waals surface area contributed by atoms with Crippen molar-refractivity contribution in [2.45, 2.75) is 30.2 Å². The maximum absolute atomic E-state index is 13.6. The summed E-state index contributed by atoms with van der Waals surface area (Å²) in [4.78, 5) is 9.25. The van der Waals surface area contributed by atoms with Crippen LogP contribution >= 0.6 is 0 Å². The molecule has 0 radical (unpaired) electrons. The largest absolute Gasteiger partial charge is 0.508 e. The van der Waals surface area contributed by atoms with Gasteiger partial charge in [0, 0.05) is 61.9 Å². The smallest absolute Gasteiger partial charge is 0.241 e. The van der Waals surface area contributed by atoms with Crippen LogP contribution in [0.15, 0.2) is 96.2 Å². The van der Waals surface area contributed by atoms with Gasteiger partial charge in [0.05, 0.1) is 4.90 Å². The lowest BCUT2D eigenvalue weighted by molar-refractivity contribution is 0.124. The second-order valence-corrected chi connectivity index (χ2v) is 12.0. The van der Waals surface area contributed by atoms with Crippen LogP contribution in [0.25, 0.3) is 10.8 Å². The minimum absolute atomic E-state index is 0.198.